The van der Waals surface area contributed by atoms with E-state index in [1.54, 1.807) is 12.1 Å². The van der Waals surface area contributed by atoms with Crippen LogP contribution in [0.5, 0.6) is 0 Å². The lowest BCUT2D eigenvalue weighted by Crippen LogP contribution is -2.16. The van der Waals surface area contributed by atoms with Gasteiger partial charge in [0.05, 0.1) is 0 Å². The van der Waals surface area contributed by atoms with E-state index in [0.717, 1.165) is 31.7 Å². The molecule has 0 saturated carbocycles. The van der Waals surface area contributed by atoms with E-state index in [-0.39, 0.29) is 5.91 Å². The van der Waals surface area contributed by atoms with E-state index in [2.05, 4.69) is 23.2 Å². The first kappa shape index (κ1) is 14.6. The molecular formula is C18H21N3O. The molecule has 114 valence electrons. The third kappa shape index (κ3) is 3.12. The number of nitrogens with two attached hydrogens (primary N) is 1. The van der Waals surface area contributed by atoms with Crippen LogP contribution < -0.4 is 11.1 Å². The highest BCUT2D eigenvalue weighted by molar-refractivity contribution is 6.04. The number of carbonyl (C=O) groups is 1. The molecule has 0 fully saturated rings. The summed E-state index contributed by atoms with van der Waals surface area (Å²) < 4.78 is 0. The number of hydrogen-bond donors (Lipinski definition) is 2. The van der Waals surface area contributed by atoms with Gasteiger partial charge in [-0.25, -0.2) is 0 Å². The third-order valence-electron chi connectivity index (χ3n) is 3.94. The molecule has 0 aromatic heterocycles. The largest absolute Gasteiger partial charge is 0.399 e. The molecule has 4 heteroatoms. The Labute approximate surface area is 130 Å². The van der Waals surface area contributed by atoms with Crippen LogP contribution in [0.3, 0.4) is 0 Å². The van der Waals surface area contributed by atoms with Crippen molar-refractivity contribution in [1.82, 2.24) is 4.90 Å². The molecule has 22 heavy (non-hydrogen) atoms. The number of nitrogen functional groups attached to an aromatic ring is 1. The fraction of sp³-hybridized carbons (Fsp3) is 0.278. The van der Waals surface area contributed by atoms with Crippen molar-refractivity contribution in [2.24, 2.45) is 0 Å². The number of fused-ring (bicyclic) bond motifs is 1. The zero-order valence-electron chi connectivity index (χ0n) is 12.8. The molecule has 2 aromatic carbocycles. The zero-order valence-corrected chi connectivity index (χ0v) is 12.8. The van der Waals surface area contributed by atoms with E-state index in [9.17, 15) is 4.79 Å². The summed E-state index contributed by atoms with van der Waals surface area (Å²) in [5, 5.41) is 2.89. The van der Waals surface area contributed by atoms with E-state index in [4.69, 9.17) is 5.73 Å². The summed E-state index contributed by atoms with van der Waals surface area (Å²) in [4.78, 5) is 14.8. The molecule has 0 saturated heterocycles. The first-order valence-electron chi connectivity index (χ1n) is 7.67. The Morgan fingerprint density at radius 1 is 1.18 bits per heavy atom. The smallest absolute Gasteiger partial charge is 0.255 e. The van der Waals surface area contributed by atoms with E-state index < -0.39 is 0 Å². The van der Waals surface area contributed by atoms with Crippen LogP contribution in [0.15, 0.2) is 42.5 Å². The quantitative estimate of drug-likeness (QED) is 0.851. The van der Waals surface area contributed by atoms with Crippen LogP contribution in [0.25, 0.3) is 0 Å². The van der Waals surface area contributed by atoms with Gasteiger partial charge in [0.1, 0.15) is 0 Å². The maximum absolute atomic E-state index is 12.4. The summed E-state index contributed by atoms with van der Waals surface area (Å²) in [6.45, 7) is 5.20. The second-order valence-corrected chi connectivity index (χ2v) is 5.77. The van der Waals surface area contributed by atoms with E-state index in [1.165, 1.54) is 11.1 Å². The topological polar surface area (TPSA) is 58.4 Å². The van der Waals surface area contributed by atoms with Crippen molar-refractivity contribution in [2.75, 3.05) is 17.6 Å². The monoisotopic (exact) mass is 295 g/mol. The van der Waals surface area contributed by atoms with Crippen LogP contribution in [0, 0.1) is 0 Å². The van der Waals surface area contributed by atoms with Gasteiger partial charge >= 0.3 is 0 Å². The summed E-state index contributed by atoms with van der Waals surface area (Å²) in [5.41, 5.74) is 10.4. The summed E-state index contributed by atoms with van der Waals surface area (Å²) in [6, 6.07) is 13.2. The van der Waals surface area contributed by atoms with Gasteiger partial charge in [0.2, 0.25) is 0 Å². The van der Waals surface area contributed by atoms with Gasteiger partial charge in [0.15, 0.2) is 0 Å². The van der Waals surface area contributed by atoms with Crippen LogP contribution in [0.2, 0.25) is 0 Å². The lowest BCUT2D eigenvalue weighted by molar-refractivity contribution is 0.102. The third-order valence-corrected chi connectivity index (χ3v) is 3.94. The molecule has 3 N–H and O–H groups in total. The van der Waals surface area contributed by atoms with Crippen molar-refractivity contribution in [3.05, 3.63) is 59.2 Å². The number of amides is 1. The lowest BCUT2D eigenvalue weighted by atomic mass is 10.1. The molecule has 0 spiro atoms. The average Bonchev–Trinajstić information content (AvgIpc) is 2.89. The molecule has 1 aliphatic heterocycles. The maximum atomic E-state index is 12.4. The number of nitrogens with zero attached hydrogens (tertiary/aromatic N) is 1. The minimum atomic E-state index is -0.0951. The highest BCUT2D eigenvalue weighted by Gasteiger charge is 2.19. The Bertz CT molecular complexity index is 696. The molecule has 0 aliphatic carbocycles. The Balaban J connectivity index is 1.74. The fourth-order valence-corrected chi connectivity index (χ4v) is 2.90. The first-order valence-corrected chi connectivity index (χ1v) is 7.67. The van der Waals surface area contributed by atoms with Crippen LogP contribution in [-0.2, 0) is 13.1 Å². The number of carbonyl (C=O) groups excluding carboxylic acids is 1. The van der Waals surface area contributed by atoms with E-state index in [0.29, 0.717) is 11.3 Å². The molecule has 0 bridgehead atoms. The summed E-state index contributed by atoms with van der Waals surface area (Å²) in [5.74, 6) is -0.0951. The molecule has 0 atom stereocenters. The van der Waals surface area contributed by atoms with Crippen LogP contribution in [0.1, 0.15) is 34.8 Å². The molecule has 1 amide bonds. The lowest BCUT2D eigenvalue weighted by Gasteiger charge is -2.12. The van der Waals surface area contributed by atoms with E-state index in [1.807, 2.05) is 24.3 Å². The van der Waals surface area contributed by atoms with Gasteiger partial charge in [-0.05, 0) is 54.4 Å². The minimum absolute atomic E-state index is 0.0951. The molecule has 3 rings (SSSR count). The van der Waals surface area contributed by atoms with Gasteiger partial charge in [0.25, 0.3) is 5.91 Å². The predicted octanol–water partition coefficient (Wildman–Crippen LogP) is 3.25. The standard InChI is InChI=1S/C18H21N3O/c1-2-8-21-11-14-7-6-13(9-15(14)12-21)18(22)20-17-5-3-4-16(19)10-17/h3-7,9-10H,2,8,11-12,19H2,1H3,(H,20,22). The van der Waals surface area contributed by atoms with Crippen molar-refractivity contribution < 1.29 is 4.79 Å². The molecule has 0 unspecified atom stereocenters. The summed E-state index contributed by atoms with van der Waals surface area (Å²) in [7, 11) is 0. The Kier molecular flexibility index (Phi) is 4.11. The number of nitrogens with one attached hydrogen (secondary N) is 1. The number of benzene rings is 2. The number of rotatable bonds is 4. The van der Waals surface area contributed by atoms with Gasteiger partial charge in [-0.3, -0.25) is 9.69 Å². The predicted molar refractivity (Wildman–Crippen MR) is 89.7 cm³/mol. The molecule has 1 aliphatic rings. The van der Waals surface area contributed by atoms with Gasteiger partial charge in [-0.1, -0.05) is 19.1 Å². The molecule has 2 aromatic rings. The van der Waals surface area contributed by atoms with Crippen molar-refractivity contribution >= 4 is 17.3 Å². The number of hydrogen-bond acceptors (Lipinski definition) is 3. The van der Waals surface area contributed by atoms with Gasteiger partial charge in [-0.2, -0.15) is 0 Å². The van der Waals surface area contributed by atoms with Gasteiger partial charge in [0, 0.05) is 30.0 Å². The Morgan fingerprint density at radius 3 is 2.77 bits per heavy atom. The molecule has 0 radical (unpaired) electrons. The Hall–Kier alpha value is -2.33. The van der Waals surface area contributed by atoms with Crippen molar-refractivity contribution in [2.45, 2.75) is 26.4 Å². The summed E-state index contributed by atoms with van der Waals surface area (Å²) >= 11 is 0. The van der Waals surface area contributed by atoms with Crippen molar-refractivity contribution in [3.63, 3.8) is 0 Å². The normalized spacial score (nSPS) is 13.9. The second kappa shape index (κ2) is 6.20. The molecule has 4 nitrogen and oxygen atoms in total. The minimum Gasteiger partial charge on any atom is -0.399 e. The number of anilines is 2. The second-order valence-electron chi connectivity index (χ2n) is 5.77. The zero-order chi connectivity index (χ0) is 15.5. The molecule has 1 heterocycles. The highest BCUT2D eigenvalue weighted by atomic mass is 16.1. The van der Waals surface area contributed by atoms with Crippen molar-refractivity contribution in [1.29, 1.82) is 0 Å². The van der Waals surface area contributed by atoms with Crippen molar-refractivity contribution in [3.8, 4) is 0 Å². The van der Waals surface area contributed by atoms with Gasteiger partial charge in [-0.15, -0.1) is 0 Å². The highest BCUT2D eigenvalue weighted by Crippen LogP contribution is 2.24. The first-order chi connectivity index (χ1) is 10.7. The average molecular weight is 295 g/mol. The van der Waals surface area contributed by atoms with Crippen LogP contribution in [-0.4, -0.2) is 17.4 Å². The summed E-state index contributed by atoms with van der Waals surface area (Å²) in [6.07, 6.45) is 1.15. The van der Waals surface area contributed by atoms with Gasteiger partial charge < -0.3 is 11.1 Å². The van der Waals surface area contributed by atoms with E-state index >= 15 is 0 Å². The van der Waals surface area contributed by atoms with Crippen LogP contribution >= 0.6 is 0 Å². The SMILES string of the molecule is CCCN1Cc2ccc(C(=O)Nc3cccc(N)c3)cc2C1. The molecular weight excluding hydrogens is 274 g/mol. The van der Waals surface area contributed by atoms with Crippen LogP contribution in [0.4, 0.5) is 11.4 Å². The Morgan fingerprint density at radius 2 is 2.00 bits per heavy atom. The maximum Gasteiger partial charge on any atom is 0.255 e. The fourth-order valence-electron chi connectivity index (χ4n) is 2.90.